The van der Waals surface area contributed by atoms with Crippen LogP contribution in [-0.4, -0.2) is 13.0 Å². The molecule has 0 aliphatic heterocycles. The third kappa shape index (κ3) is 2.34. The summed E-state index contributed by atoms with van der Waals surface area (Å²) < 4.78 is 5.19. The second-order valence-electron chi connectivity index (χ2n) is 5.80. The maximum atomic E-state index is 12.5. The fourth-order valence-electron chi connectivity index (χ4n) is 3.31. The van der Waals surface area contributed by atoms with Gasteiger partial charge in [0.15, 0.2) is 0 Å². The Balaban J connectivity index is 1.72. The van der Waals surface area contributed by atoms with Gasteiger partial charge in [0, 0.05) is 16.6 Å². The number of methoxy groups -OCH3 is 1. The highest BCUT2D eigenvalue weighted by atomic mass is 16.5. The normalized spacial score (nSPS) is 12.4. The van der Waals surface area contributed by atoms with Crippen LogP contribution in [-0.2, 0) is 12.8 Å². The Morgan fingerprint density at radius 3 is 2.61 bits per heavy atom. The van der Waals surface area contributed by atoms with Crippen LogP contribution < -0.4 is 10.1 Å². The molecule has 3 nitrogen and oxygen atoms in total. The number of rotatable bonds is 3. The van der Waals surface area contributed by atoms with Crippen molar-refractivity contribution >= 4 is 22.4 Å². The molecular formula is C20H17NO2. The standard InChI is InChI=1S/C20H17NO2/c1-23-16-6-2-5-15(12-16)20(22)21-18-11-10-14-9-8-13-4-3-7-17(18)19(13)14/h2-7,10-12H,8-9H2,1H3,(H,21,22). The molecule has 3 heteroatoms. The second kappa shape index (κ2) is 5.43. The van der Waals surface area contributed by atoms with Crippen molar-refractivity contribution in [1.82, 2.24) is 0 Å². The largest absolute Gasteiger partial charge is 0.497 e. The van der Waals surface area contributed by atoms with Gasteiger partial charge in [-0.15, -0.1) is 0 Å². The molecule has 1 N–H and O–H groups in total. The SMILES string of the molecule is COc1cccc(C(=O)Nc2ccc3c4c(cccc24)CC3)c1. The summed E-state index contributed by atoms with van der Waals surface area (Å²) in [4.78, 5) is 12.5. The molecule has 3 aromatic carbocycles. The molecule has 0 saturated heterocycles. The van der Waals surface area contributed by atoms with Gasteiger partial charge in [-0.2, -0.15) is 0 Å². The number of aryl methyl sites for hydroxylation is 2. The Kier molecular flexibility index (Phi) is 3.27. The highest BCUT2D eigenvalue weighted by molar-refractivity contribution is 6.10. The summed E-state index contributed by atoms with van der Waals surface area (Å²) in [5.74, 6) is 0.556. The lowest BCUT2D eigenvalue weighted by Crippen LogP contribution is -2.12. The first-order valence-corrected chi connectivity index (χ1v) is 7.75. The zero-order valence-electron chi connectivity index (χ0n) is 12.9. The molecule has 114 valence electrons. The van der Waals surface area contributed by atoms with E-state index in [1.165, 1.54) is 16.5 Å². The predicted octanol–water partition coefficient (Wildman–Crippen LogP) is 4.20. The van der Waals surface area contributed by atoms with Gasteiger partial charge < -0.3 is 10.1 Å². The third-order valence-electron chi connectivity index (χ3n) is 4.46. The minimum Gasteiger partial charge on any atom is -0.497 e. The summed E-state index contributed by atoms with van der Waals surface area (Å²) >= 11 is 0. The highest BCUT2D eigenvalue weighted by Gasteiger charge is 2.17. The number of hydrogen-bond donors (Lipinski definition) is 1. The average molecular weight is 303 g/mol. The fraction of sp³-hybridized carbons (Fsp3) is 0.150. The molecule has 23 heavy (non-hydrogen) atoms. The van der Waals surface area contributed by atoms with Crippen LogP contribution in [0.1, 0.15) is 21.5 Å². The number of anilines is 1. The predicted molar refractivity (Wildman–Crippen MR) is 92.3 cm³/mol. The van der Waals surface area contributed by atoms with Crippen molar-refractivity contribution in [2.24, 2.45) is 0 Å². The van der Waals surface area contributed by atoms with Gasteiger partial charge in [0.25, 0.3) is 5.91 Å². The van der Waals surface area contributed by atoms with Gasteiger partial charge in [0.2, 0.25) is 0 Å². The number of carbonyl (C=O) groups is 1. The molecule has 0 saturated carbocycles. The van der Waals surface area contributed by atoms with Crippen LogP contribution >= 0.6 is 0 Å². The first-order chi connectivity index (χ1) is 11.3. The van der Waals surface area contributed by atoms with Crippen LogP contribution in [0, 0.1) is 0 Å². The monoisotopic (exact) mass is 303 g/mol. The highest BCUT2D eigenvalue weighted by Crippen LogP contribution is 2.35. The first-order valence-electron chi connectivity index (χ1n) is 7.75. The molecule has 0 aromatic heterocycles. The summed E-state index contributed by atoms with van der Waals surface area (Å²) in [6.07, 6.45) is 2.17. The first kappa shape index (κ1) is 13.8. The van der Waals surface area contributed by atoms with Crippen LogP contribution in [0.3, 0.4) is 0 Å². The molecule has 1 amide bonds. The molecule has 1 aliphatic carbocycles. The van der Waals surface area contributed by atoms with E-state index in [9.17, 15) is 4.79 Å². The van der Waals surface area contributed by atoms with Crippen molar-refractivity contribution in [3.05, 3.63) is 71.3 Å². The van der Waals surface area contributed by atoms with Crippen molar-refractivity contribution in [1.29, 1.82) is 0 Å². The third-order valence-corrected chi connectivity index (χ3v) is 4.46. The Labute approximate surface area is 134 Å². The molecule has 0 atom stereocenters. The summed E-state index contributed by atoms with van der Waals surface area (Å²) in [5, 5.41) is 5.46. The molecule has 0 bridgehead atoms. The zero-order valence-corrected chi connectivity index (χ0v) is 12.9. The Morgan fingerprint density at radius 1 is 1.00 bits per heavy atom. The van der Waals surface area contributed by atoms with E-state index in [4.69, 9.17) is 4.74 Å². The molecule has 0 radical (unpaired) electrons. The van der Waals surface area contributed by atoms with E-state index in [1.54, 1.807) is 19.2 Å². The quantitative estimate of drug-likeness (QED) is 0.787. The summed E-state index contributed by atoms with van der Waals surface area (Å²) in [7, 11) is 1.60. The number of amides is 1. The van der Waals surface area contributed by atoms with Crippen LogP contribution in [0.15, 0.2) is 54.6 Å². The van der Waals surface area contributed by atoms with E-state index in [1.807, 2.05) is 18.2 Å². The molecule has 0 unspecified atom stereocenters. The Morgan fingerprint density at radius 2 is 1.78 bits per heavy atom. The minimum absolute atomic E-state index is 0.123. The summed E-state index contributed by atoms with van der Waals surface area (Å²) in [5.41, 5.74) is 4.19. The zero-order chi connectivity index (χ0) is 15.8. The van der Waals surface area contributed by atoms with Gasteiger partial charge in [-0.25, -0.2) is 0 Å². The van der Waals surface area contributed by atoms with Crippen molar-refractivity contribution in [2.45, 2.75) is 12.8 Å². The van der Waals surface area contributed by atoms with Gasteiger partial charge in [0.05, 0.1) is 7.11 Å². The smallest absolute Gasteiger partial charge is 0.255 e. The number of nitrogens with one attached hydrogen (secondary N) is 1. The van der Waals surface area contributed by atoms with Gasteiger partial charge >= 0.3 is 0 Å². The molecule has 4 rings (SSSR count). The molecule has 0 heterocycles. The van der Waals surface area contributed by atoms with E-state index < -0.39 is 0 Å². The maximum Gasteiger partial charge on any atom is 0.255 e. The van der Waals surface area contributed by atoms with Crippen molar-refractivity contribution in [3.63, 3.8) is 0 Å². The molecule has 3 aromatic rings. The number of benzene rings is 3. The van der Waals surface area contributed by atoms with E-state index in [0.717, 1.165) is 23.9 Å². The van der Waals surface area contributed by atoms with Gasteiger partial charge in [-0.3, -0.25) is 4.79 Å². The Hall–Kier alpha value is -2.81. The number of hydrogen-bond acceptors (Lipinski definition) is 2. The lowest BCUT2D eigenvalue weighted by molar-refractivity contribution is 0.102. The molecule has 0 fully saturated rings. The van der Waals surface area contributed by atoms with E-state index in [2.05, 4.69) is 29.6 Å². The number of ether oxygens (including phenoxy) is 1. The van der Waals surface area contributed by atoms with Crippen LogP contribution in [0.2, 0.25) is 0 Å². The van der Waals surface area contributed by atoms with Crippen molar-refractivity contribution in [2.75, 3.05) is 12.4 Å². The topological polar surface area (TPSA) is 38.3 Å². The lowest BCUT2D eigenvalue weighted by Gasteiger charge is -2.11. The fourth-order valence-corrected chi connectivity index (χ4v) is 3.31. The van der Waals surface area contributed by atoms with Gasteiger partial charge in [-0.1, -0.05) is 30.3 Å². The minimum atomic E-state index is -0.123. The van der Waals surface area contributed by atoms with Crippen LogP contribution in [0.25, 0.3) is 10.8 Å². The maximum absolute atomic E-state index is 12.5. The average Bonchev–Trinajstić information content (AvgIpc) is 3.02. The van der Waals surface area contributed by atoms with Gasteiger partial charge in [0.1, 0.15) is 5.75 Å². The van der Waals surface area contributed by atoms with E-state index in [-0.39, 0.29) is 5.91 Å². The summed E-state index contributed by atoms with van der Waals surface area (Å²) in [6.45, 7) is 0. The number of carbonyl (C=O) groups excluding carboxylic acids is 1. The van der Waals surface area contributed by atoms with E-state index >= 15 is 0 Å². The molecule has 1 aliphatic rings. The lowest BCUT2D eigenvalue weighted by atomic mass is 10.0. The van der Waals surface area contributed by atoms with Crippen LogP contribution in [0.4, 0.5) is 5.69 Å². The Bertz CT molecular complexity index is 904. The van der Waals surface area contributed by atoms with E-state index in [0.29, 0.717) is 11.3 Å². The van der Waals surface area contributed by atoms with Crippen LogP contribution in [0.5, 0.6) is 5.75 Å². The van der Waals surface area contributed by atoms with Crippen molar-refractivity contribution in [3.8, 4) is 5.75 Å². The molecular weight excluding hydrogens is 286 g/mol. The van der Waals surface area contributed by atoms with Crippen molar-refractivity contribution < 1.29 is 9.53 Å². The van der Waals surface area contributed by atoms with Gasteiger partial charge in [-0.05, 0) is 53.6 Å². The molecule has 0 spiro atoms. The summed E-state index contributed by atoms with van der Waals surface area (Å²) in [6, 6.07) is 17.6. The second-order valence-corrected chi connectivity index (χ2v) is 5.80.